The van der Waals surface area contributed by atoms with Crippen LogP contribution in [0.3, 0.4) is 0 Å². The van der Waals surface area contributed by atoms with Crippen LogP contribution in [0.1, 0.15) is 19.3 Å². The first-order chi connectivity index (χ1) is 11.2. The maximum absolute atomic E-state index is 12.6. The van der Waals surface area contributed by atoms with Gasteiger partial charge >= 0.3 is 0 Å². The summed E-state index contributed by atoms with van der Waals surface area (Å²) in [6, 6.07) is 1.07. The first-order valence-corrected chi connectivity index (χ1v) is 8.63. The van der Waals surface area contributed by atoms with Crippen LogP contribution >= 0.6 is 0 Å². The van der Waals surface area contributed by atoms with Crippen LogP contribution in [-0.2, 0) is 16.1 Å². The second-order valence-corrected chi connectivity index (χ2v) is 7.13. The minimum atomic E-state index is 0.0941. The highest BCUT2D eigenvalue weighted by atomic mass is 16.5. The zero-order chi connectivity index (χ0) is 15.8. The number of carbonyl (C=O) groups excluding carboxylic acids is 1. The van der Waals surface area contributed by atoms with E-state index in [1.54, 1.807) is 12.7 Å². The van der Waals surface area contributed by atoms with Gasteiger partial charge in [0, 0.05) is 31.8 Å². The number of hydrogen-bond acceptors (Lipinski definition) is 5. The Kier molecular flexibility index (Phi) is 4.07. The molecule has 0 spiro atoms. The molecule has 0 aromatic carbocycles. The average Bonchev–Trinajstić information content (AvgIpc) is 3.30. The number of aromatic nitrogens is 3. The largest absolute Gasteiger partial charge is 0.381 e. The lowest BCUT2D eigenvalue weighted by Gasteiger charge is -2.38. The predicted molar refractivity (Wildman–Crippen MR) is 83.6 cm³/mol. The third-order valence-electron chi connectivity index (χ3n) is 5.82. The molecule has 3 saturated heterocycles. The van der Waals surface area contributed by atoms with E-state index >= 15 is 0 Å². The molecule has 7 heteroatoms. The van der Waals surface area contributed by atoms with Gasteiger partial charge < -0.3 is 9.64 Å². The van der Waals surface area contributed by atoms with Gasteiger partial charge in [-0.3, -0.25) is 14.4 Å². The van der Waals surface area contributed by atoms with Crippen LogP contribution in [0.25, 0.3) is 0 Å². The molecule has 0 radical (unpaired) electrons. The molecule has 4 rings (SSSR count). The second kappa shape index (κ2) is 6.20. The average molecular weight is 319 g/mol. The summed E-state index contributed by atoms with van der Waals surface area (Å²) in [6.45, 7) is 4.01. The molecule has 0 N–H and O–H groups in total. The van der Waals surface area contributed by atoms with Gasteiger partial charge in [0.15, 0.2) is 0 Å². The molecule has 0 saturated carbocycles. The summed E-state index contributed by atoms with van der Waals surface area (Å²) < 4.78 is 7.29. The molecule has 23 heavy (non-hydrogen) atoms. The normalized spacial score (nSPS) is 34.7. The van der Waals surface area contributed by atoms with Gasteiger partial charge in [-0.05, 0) is 32.2 Å². The molecule has 1 aromatic heterocycles. The monoisotopic (exact) mass is 319 g/mol. The Hall–Kier alpha value is -1.47. The second-order valence-electron chi connectivity index (χ2n) is 7.13. The number of amides is 1. The molecule has 0 aliphatic carbocycles. The number of fused-ring (bicyclic) bond motifs is 1. The molecule has 1 unspecified atom stereocenters. The minimum Gasteiger partial charge on any atom is -0.381 e. The minimum absolute atomic E-state index is 0.0941. The van der Waals surface area contributed by atoms with Crippen molar-refractivity contribution >= 4 is 5.91 Å². The summed E-state index contributed by atoms with van der Waals surface area (Å²) in [7, 11) is 2.22. The number of piperidine rings is 1. The Balaban J connectivity index is 1.38. The highest BCUT2D eigenvalue weighted by Crippen LogP contribution is 2.35. The van der Waals surface area contributed by atoms with E-state index in [1.165, 1.54) is 0 Å². The lowest BCUT2D eigenvalue weighted by Crippen LogP contribution is -2.49. The van der Waals surface area contributed by atoms with Crippen molar-refractivity contribution in [3.05, 3.63) is 12.7 Å². The van der Waals surface area contributed by atoms with Crippen molar-refractivity contribution in [2.24, 2.45) is 11.8 Å². The molecule has 3 aliphatic rings. The number of likely N-dealkylation sites (N-methyl/N-ethyl adjacent to an activating group) is 1. The number of nitrogens with zero attached hydrogens (tertiary/aromatic N) is 5. The van der Waals surface area contributed by atoms with E-state index in [4.69, 9.17) is 4.74 Å². The van der Waals surface area contributed by atoms with E-state index in [-0.39, 0.29) is 5.92 Å². The van der Waals surface area contributed by atoms with E-state index in [2.05, 4.69) is 26.9 Å². The van der Waals surface area contributed by atoms with Crippen LogP contribution < -0.4 is 0 Å². The topological polar surface area (TPSA) is 63.5 Å². The standard InChI is InChI=1S/C16H25N5O2/c1-19-14(8-21-11-17-10-18-21)6-13-7-20(4-2-15(13)19)16(22)12-3-5-23-9-12/h10-15H,2-9H2,1H3/t12?,13-,14+,15+/m1/s1. The van der Waals surface area contributed by atoms with Crippen molar-refractivity contribution in [3.8, 4) is 0 Å². The van der Waals surface area contributed by atoms with Crippen LogP contribution in [0.2, 0.25) is 0 Å². The van der Waals surface area contributed by atoms with Gasteiger partial charge in [-0.1, -0.05) is 0 Å². The molecule has 3 fully saturated rings. The summed E-state index contributed by atoms with van der Waals surface area (Å²) in [5.74, 6) is 0.980. The van der Waals surface area contributed by atoms with Gasteiger partial charge in [-0.25, -0.2) is 4.98 Å². The quantitative estimate of drug-likeness (QED) is 0.798. The first-order valence-electron chi connectivity index (χ1n) is 8.63. The molecule has 126 valence electrons. The van der Waals surface area contributed by atoms with Crippen molar-refractivity contribution in [3.63, 3.8) is 0 Å². The fraction of sp³-hybridized carbons (Fsp3) is 0.812. The van der Waals surface area contributed by atoms with Gasteiger partial charge in [0.25, 0.3) is 0 Å². The van der Waals surface area contributed by atoms with Crippen LogP contribution in [0, 0.1) is 11.8 Å². The SMILES string of the molecule is CN1[C@H](Cn2cncn2)C[C@@H]2CN(C(=O)C3CCOC3)CC[C@@H]21. The summed E-state index contributed by atoms with van der Waals surface area (Å²) >= 11 is 0. The zero-order valence-electron chi connectivity index (χ0n) is 13.7. The molecule has 7 nitrogen and oxygen atoms in total. The smallest absolute Gasteiger partial charge is 0.228 e. The van der Waals surface area contributed by atoms with Crippen LogP contribution in [0.4, 0.5) is 0 Å². The third kappa shape index (κ3) is 2.87. The van der Waals surface area contributed by atoms with Crippen molar-refractivity contribution < 1.29 is 9.53 Å². The van der Waals surface area contributed by atoms with E-state index in [9.17, 15) is 4.79 Å². The summed E-state index contributed by atoms with van der Waals surface area (Å²) in [4.78, 5) is 21.2. The summed E-state index contributed by atoms with van der Waals surface area (Å²) in [6.07, 6.45) is 6.47. The van der Waals surface area contributed by atoms with Crippen molar-refractivity contribution in [2.75, 3.05) is 33.4 Å². The van der Waals surface area contributed by atoms with Gasteiger partial charge in [0.2, 0.25) is 5.91 Å². The van der Waals surface area contributed by atoms with Crippen molar-refractivity contribution in [1.82, 2.24) is 24.6 Å². The number of rotatable bonds is 3. The number of carbonyl (C=O) groups is 1. The van der Waals surface area contributed by atoms with Crippen molar-refractivity contribution in [1.29, 1.82) is 0 Å². The highest BCUT2D eigenvalue weighted by Gasteiger charge is 2.43. The number of hydrogen-bond donors (Lipinski definition) is 0. The van der Waals surface area contributed by atoms with E-state index in [0.717, 1.165) is 45.5 Å². The fourth-order valence-electron chi connectivity index (χ4n) is 4.51. The molecule has 0 bridgehead atoms. The summed E-state index contributed by atoms with van der Waals surface area (Å²) in [5, 5.41) is 4.23. The highest BCUT2D eigenvalue weighted by molar-refractivity contribution is 5.79. The molecular formula is C16H25N5O2. The van der Waals surface area contributed by atoms with Crippen molar-refractivity contribution in [2.45, 2.75) is 37.9 Å². The molecule has 4 heterocycles. The van der Waals surface area contributed by atoms with E-state index in [0.29, 0.717) is 30.5 Å². The maximum atomic E-state index is 12.6. The van der Waals surface area contributed by atoms with Gasteiger partial charge in [0.1, 0.15) is 12.7 Å². The van der Waals surface area contributed by atoms with Crippen LogP contribution in [0.15, 0.2) is 12.7 Å². The van der Waals surface area contributed by atoms with E-state index < -0.39 is 0 Å². The number of ether oxygens (including phenoxy) is 1. The Morgan fingerprint density at radius 3 is 3.04 bits per heavy atom. The van der Waals surface area contributed by atoms with Gasteiger partial charge in [-0.15, -0.1) is 0 Å². The molecular weight excluding hydrogens is 294 g/mol. The van der Waals surface area contributed by atoms with Crippen LogP contribution in [0.5, 0.6) is 0 Å². The lowest BCUT2D eigenvalue weighted by molar-refractivity contribution is -0.137. The lowest BCUT2D eigenvalue weighted by atomic mass is 9.91. The fourth-order valence-corrected chi connectivity index (χ4v) is 4.51. The van der Waals surface area contributed by atoms with E-state index in [1.807, 2.05) is 4.68 Å². The molecule has 4 atom stereocenters. The zero-order valence-corrected chi connectivity index (χ0v) is 13.7. The molecule has 1 amide bonds. The predicted octanol–water partition coefficient (Wildman–Crippen LogP) is 0.236. The summed E-state index contributed by atoms with van der Waals surface area (Å²) in [5.41, 5.74) is 0. The maximum Gasteiger partial charge on any atom is 0.228 e. The molecule has 3 aliphatic heterocycles. The Morgan fingerprint density at radius 2 is 2.30 bits per heavy atom. The Morgan fingerprint density at radius 1 is 1.39 bits per heavy atom. The Bertz CT molecular complexity index is 543. The Labute approximate surface area is 136 Å². The van der Waals surface area contributed by atoms with Crippen LogP contribution in [-0.4, -0.2) is 75.9 Å². The molecule has 1 aromatic rings. The van der Waals surface area contributed by atoms with Gasteiger partial charge in [-0.2, -0.15) is 5.10 Å². The first kappa shape index (κ1) is 15.1. The van der Waals surface area contributed by atoms with Gasteiger partial charge in [0.05, 0.1) is 19.1 Å². The number of likely N-dealkylation sites (tertiary alicyclic amines) is 2. The third-order valence-corrected chi connectivity index (χ3v) is 5.82.